The molecule has 492 valence electrons. The lowest BCUT2D eigenvalue weighted by atomic mass is 9.86. The van der Waals surface area contributed by atoms with E-state index in [9.17, 15) is 0 Å². The Bertz CT molecular complexity index is 3040. The largest absolute Gasteiger partial charge is 0.453 e. The Morgan fingerprint density at radius 3 is 0.703 bits per heavy atom. The zero-order valence-electron chi connectivity index (χ0n) is 58.0. The summed E-state index contributed by atoms with van der Waals surface area (Å²) in [7, 11) is 0. The summed E-state index contributed by atoms with van der Waals surface area (Å²) in [6.07, 6.45) is 56.6. The minimum absolute atomic E-state index is 0.744. The van der Waals surface area contributed by atoms with Crippen molar-refractivity contribution < 1.29 is 14.2 Å². The van der Waals surface area contributed by atoms with Gasteiger partial charge in [0, 0.05) is 10.8 Å². The molecule has 0 spiro atoms. The van der Waals surface area contributed by atoms with Crippen LogP contribution in [0.5, 0.6) is 34.5 Å². The molecule has 0 amide bonds. The molecule has 0 aromatic heterocycles. The van der Waals surface area contributed by atoms with Gasteiger partial charge in [-0.1, -0.05) is 356 Å². The second-order valence-corrected chi connectivity index (χ2v) is 27.3. The summed E-state index contributed by atoms with van der Waals surface area (Å²) in [6.45, 7) is 9.27. The smallest absolute Gasteiger partial charge is 0.178 e. The maximum absolute atomic E-state index is 8.26. The number of rotatable bonds is 50. The highest BCUT2D eigenvalue weighted by molar-refractivity contribution is 6.11. The molecular formula is C88H122O3. The first-order valence-electron chi connectivity index (χ1n) is 38.3. The van der Waals surface area contributed by atoms with E-state index in [4.69, 9.17) is 14.2 Å². The van der Waals surface area contributed by atoms with Crippen LogP contribution in [0.25, 0.3) is 43.1 Å². The number of hydrogen-bond acceptors (Lipinski definition) is 3. The van der Waals surface area contributed by atoms with Gasteiger partial charge in [-0.3, -0.25) is 0 Å². The fraction of sp³-hybridized carbons (Fsp3) is 0.545. The lowest BCUT2D eigenvalue weighted by Crippen LogP contribution is -2.03. The van der Waals surface area contributed by atoms with Crippen LogP contribution in [0.15, 0.2) is 133 Å². The summed E-state index contributed by atoms with van der Waals surface area (Å²) in [5, 5.41) is 10.5. The fourth-order valence-corrected chi connectivity index (χ4v) is 14.7. The van der Waals surface area contributed by atoms with Gasteiger partial charge in [0.1, 0.15) is 11.5 Å². The third-order valence-corrected chi connectivity index (χ3v) is 19.9. The second kappa shape index (κ2) is 42.4. The molecule has 0 heterocycles. The Balaban J connectivity index is 1.27. The first-order chi connectivity index (χ1) is 45.1. The summed E-state index contributed by atoms with van der Waals surface area (Å²) in [4.78, 5) is 0. The van der Waals surface area contributed by atoms with E-state index in [0.717, 1.165) is 73.0 Å². The van der Waals surface area contributed by atoms with E-state index in [2.05, 4.69) is 161 Å². The lowest BCUT2D eigenvalue weighted by Gasteiger charge is -2.25. The highest BCUT2D eigenvalue weighted by Crippen LogP contribution is 2.52. The molecule has 0 radical (unpaired) electrons. The molecule has 91 heavy (non-hydrogen) atoms. The standard InChI is InChI=1S/C88H122O3/c1-5-9-13-17-21-25-29-33-37-47-59-77-73-61-51-53-63-75(73)79(65-49-39-35-31-27-23-19-15-11-7-3)85-81(77)67-69-83(89-71-55-43-41-44-56-71)87(85)91-88-84(90-72-57-45-42-46-58-72)70-68-82-78(60-48-38-34-30-26-22-18-14-10-6-2)74-62-52-54-64-76(74)80(86(82)88)66-50-40-36-32-28-24-20-16-12-8-4/h41-46,51-58,61-64,67-70H,5-40,47-50,59-60,65-66H2,1-4H3. The van der Waals surface area contributed by atoms with Crippen molar-refractivity contribution in [3.8, 4) is 34.5 Å². The van der Waals surface area contributed by atoms with Crippen molar-refractivity contribution in [3.63, 3.8) is 0 Å². The molecule has 0 bridgehead atoms. The number of para-hydroxylation sites is 2. The molecule has 0 N–H and O–H groups in total. The summed E-state index contributed by atoms with van der Waals surface area (Å²) in [6, 6.07) is 49.0. The van der Waals surface area contributed by atoms with Crippen molar-refractivity contribution in [3.05, 3.63) is 156 Å². The highest BCUT2D eigenvalue weighted by Gasteiger charge is 2.27. The SMILES string of the molecule is CCCCCCCCCCCCc1c2ccccc2c(CCCCCCCCCCCC)c2c(Oc3c(Oc4ccccc4)ccc4c(CCCCCCCCCCCC)c5ccccc5c(CCCCCCCCCCCC)c34)c(Oc3ccccc3)ccc12. The molecule has 8 aromatic rings. The minimum atomic E-state index is 0.744. The zero-order chi connectivity index (χ0) is 63.2. The van der Waals surface area contributed by atoms with E-state index in [0.29, 0.717) is 0 Å². The van der Waals surface area contributed by atoms with Crippen LogP contribution in [0.2, 0.25) is 0 Å². The van der Waals surface area contributed by atoms with E-state index in [1.165, 1.54) is 309 Å². The fourth-order valence-electron chi connectivity index (χ4n) is 14.7. The predicted octanol–water partition coefficient (Wildman–Crippen LogP) is 29.5. The second-order valence-electron chi connectivity index (χ2n) is 27.3. The van der Waals surface area contributed by atoms with Crippen molar-refractivity contribution in [2.45, 2.75) is 310 Å². The Morgan fingerprint density at radius 2 is 0.429 bits per heavy atom. The lowest BCUT2D eigenvalue weighted by molar-refractivity contribution is 0.400. The van der Waals surface area contributed by atoms with Crippen LogP contribution in [0.1, 0.15) is 307 Å². The Kier molecular flexibility index (Phi) is 33.1. The zero-order valence-corrected chi connectivity index (χ0v) is 58.0. The Morgan fingerprint density at radius 1 is 0.198 bits per heavy atom. The van der Waals surface area contributed by atoms with Gasteiger partial charge in [0.15, 0.2) is 23.0 Å². The number of benzene rings is 8. The van der Waals surface area contributed by atoms with Gasteiger partial charge in [-0.2, -0.15) is 0 Å². The molecule has 3 nitrogen and oxygen atoms in total. The Labute approximate surface area is 554 Å². The van der Waals surface area contributed by atoms with Crippen LogP contribution < -0.4 is 14.2 Å². The molecule has 0 saturated carbocycles. The van der Waals surface area contributed by atoms with Gasteiger partial charge in [-0.05, 0) is 142 Å². The van der Waals surface area contributed by atoms with Crippen molar-refractivity contribution >= 4 is 43.1 Å². The van der Waals surface area contributed by atoms with Crippen molar-refractivity contribution in [1.82, 2.24) is 0 Å². The number of fused-ring (bicyclic) bond motifs is 4. The third kappa shape index (κ3) is 22.7. The van der Waals surface area contributed by atoms with Crippen LogP contribution in [0.3, 0.4) is 0 Å². The van der Waals surface area contributed by atoms with Gasteiger partial charge >= 0.3 is 0 Å². The topological polar surface area (TPSA) is 27.7 Å². The van der Waals surface area contributed by atoms with Crippen LogP contribution in [0, 0.1) is 0 Å². The molecule has 0 aliphatic heterocycles. The molecule has 0 aliphatic carbocycles. The summed E-state index contributed by atoms with van der Waals surface area (Å²) < 4.78 is 22.8. The van der Waals surface area contributed by atoms with Gasteiger partial charge in [0.25, 0.3) is 0 Å². The number of unbranched alkanes of at least 4 members (excludes halogenated alkanes) is 36. The van der Waals surface area contributed by atoms with Crippen LogP contribution in [-0.2, 0) is 25.7 Å². The maximum atomic E-state index is 8.26. The van der Waals surface area contributed by atoms with Crippen LogP contribution in [-0.4, -0.2) is 0 Å². The van der Waals surface area contributed by atoms with Gasteiger partial charge in [0.2, 0.25) is 0 Å². The maximum Gasteiger partial charge on any atom is 0.178 e. The first kappa shape index (κ1) is 71.1. The van der Waals surface area contributed by atoms with E-state index in [1.807, 2.05) is 0 Å². The first-order valence-corrected chi connectivity index (χ1v) is 38.3. The number of aryl methyl sites for hydroxylation is 4. The summed E-state index contributed by atoms with van der Waals surface area (Å²) in [5.41, 5.74) is 5.65. The number of hydrogen-bond donors (Lipinski definition) is 0. The van der Waals surface area contributed by atoms with Crippen molar-refractivity contribution in [1.29, 1.82) is 0 Å². The number of ether oxygens (including phenoxy) is 3. The highest BCUT2D eigenvalue weighted by atomic mass is 16.5. The van der Waals surface area contributed by atoms with Gasteiger partial charge in [-0.25, -0.2) is 0 Å². The quantitative estimate of drug-likeness (QED) is 0.0281. The molecule has 0 saturated heterocycles. The molecule has 8 rings (SSSR count). The van der Waals surface area contributed by atoms with Crippen LogP contribution >= 0.6 is 0 Å². The molecule has 0 atom stereocenters. The molecule has 0 fully saturated rings. The van der Waals surface area contributed by atoms with Gasteiger partial charge in [-0.15, -0.1) is 0 Å². The molecule has 0 unspecified atom stereocenters. The van der Waals surface area contributed by atoms with Crippen molar-refractivity contribution in [2.24, 2.45) is 0 Å². The minimum Gasteiger partial charge on any atom is -0.453 e. The average molecular weight is 1230 g/mol. The monoisotopic (exact) mass is 1230 g/mol. The van der Waals surface area contributed by atoms with Crippen molar-refractivity contribution in [2.75, 3.05) is 0 Å². The molecule has 0 aliphatic rings. The predicted molar refractivity (Wildman–Crippen MR) is 398 cm³/mol. The average Bonchev–Trinajstić information content (AvgIpc) is 0.746. The van der Waals surface area contributed by atoms with Gasteiger partial charge < -0.3 is 14.2 Å². The normalized spacial score (nSPS) is 11.7. The molecular weight excluding hydrogens is 1100 g/mol. The summed E-state index contributed by atoms with van der Waals surface area (Å²) in [5.74, 6) is 4.71. The molecule has 8 aromatic carbocycles. The van der Waals surface area contributed by atoms with E-state index in [-0.39, 0.29) is 0 Å². The van der Waals surface area contributed by atoms with Crippen LogP contribution in [0.4, 0.5) is 0 Å². The third-order valence-electron chi connectivity index (χ3n) is 19.9. The van der Waals surface area contributed by atoms with E-state index in [1.54, 1.807) is 0 Å². The summed E-state index contributed by atoms with van der Waals surface area (Å²) >= 11 is 0. The van der Waals surface area contributed by atoms with Gasteiger partial charge in [0.05, 0.1) is 0 Å². The molecule has 3 heteroatoms. The van der Waals surface area contributed by atoms with E-state index >= 15 is 0 Å². The Hall–Kier alpha value is -5.80. The van der Waals surface area contributed by atoms with E-state index < -0.39 is 0 Å².